The Kier molecular flexibility index (Phi) is 40.5. The molecule has 0 bridgehead atoms. The summed E-state index contributed by atoms with van der Waals surface area (Å²) in [6, 6.07) is -1.76. The Morgan fingerprint density at radius 3 is 1.03 bits per heavy atom. The number of aliphatic hydroxyl groups excluding tert-OH is 6. The molecule has 0 aliphatic carbocycles. The Morgan fingerprint density at radius 1 is 0.416 bits per heavy atom. The van der Waals surface area contributed by atoms with Gasteiger partial charge in [0.15, 0.2) is 12.6 Å². The molecular weight excluding hydrogens is 1180 g/mol. The van der Waals surface area contributed by atoms with Gasteiger partial charge in [0.25, 0.3) is 0 Å². The lowest BCUT2D eigenvalue weighted by atomic mass is 9.95. The Labute approximate surface area is 534 Å². The first kappa shape index (κ1) is 81.6. The van der Waals surface area contributed by atoms with Crippen molar-refractivity contribution in [2.24, 2.45) is 0 Å². The van der Waals surface area contributed by atoms with Crippen LogP contribution in [0.2, 0.25) is 0 Å². The van der Waals surface area contributed by atoms with Gasteiger partial charge in [0.2, 0.25) is 5.91 Å². The second-order valence-corrected chi connectivity index (χ2v) is 27.8. The second kappa shape index (κ2) is 44.2. The van der Waals surface area contributed by atoms with Gasteiger partial charge in [-0.15, -0.1) is 0 Å². The van der Waals surface area contributed by atoms with Gasteiger partial charge in [-0.05, 0) is 212 Å². The molecule has 1 amide bonds. The van der Waals surface area contributed by atoms with Crippen LogP contribution in [0.5, 0.6) is 0 Å². The molecule has 9 N–H and O–H groups in total. The van der Waals surface area contributed by atoms with Crippen molar-refractivity contribution in [1.82, 2.24) is 5.32 Å². The summed E-state index contributed by atoms with van der Waals surface area (Å²) >= 11 is 0. The molecule has 2 fully saturated rings. The zero-order chi connectivity index (χ0) is 66.7. The smallest absolute Gasteiger partial charge is 0.394 e. The maximum Gasteiger partial charge on any atom is 0.483 e. The van der Waals surface area contributed by atoms with E-state index in [1.165, 1.54) is 61.8 Å². The highest BCUT2D eigenvalue weighted by Gasteiger charge is 2.53. The van der Waals surface area contributed by atoms with E-state index in [1.54, 1.807) is 6.92 Å². The molecule has 0 aromatic carbocycles. The quantitative estimate of drug-likeness (QED) is 0.0203. The van der Waals surface area contributed by atoms with Crippen molar-refractivity contribution < 1.29 is 81.9 Å². The van der Waals surface area contributed by atoms with Crippen molar-refractivity contribution in [2.45, 2.75) is 280 Å². The second-order valence-electron chi connectivity index (χ2n) is 24.8. The van der Waals surface area contributed by atoms with E-state index in [0.29, 0.717) is 12.8 Å². The van der Waals surface area contributed by atoms with E-state index in [2.05, 4.69) is 147 Å². The van der Waals surface area contributed by atoms with Crippen LogP contribution in [-0.2, 0) is 41.5 Å². The van der Waals surface area contributed by atoms with Crippen molar-refractivity contribution >= 4 is 21.6 Å². The first-order valence-electron chi connectivity index (χ1n) is 32.0. The van der Waals surface area contributed by atoms with E-state index >= 15 is 0 Å². The minimum atomic E-state index is -5.64. The van der Waals surface area contributed by atoms with Crippen LogP contribution in [0.4, 0.5) is 0 Å². The number of rotatable bonds is 42. The maximum atomic E-state index is 13.1. The number of hydrogen-bond donors (Lipinski definition) is 9. The standard InChI is InChI=1S/C69H115NO17P2/c1-48(2)24-14-25-49(3)26-15-27-50(4)28-16-29-51(5)30-17-31-52(6)32-18-33-53(7)34-19-35-54(8)36-20-37-55(9)38-21-39-56(10)40-22-41-57(11)42-23-43-58(12)44-45-82-88(78,79)87-89(80,81)86-68-62(70-59(13)73)67(64(75)61(47-72)83-68)85-69-66(77)65(76)63(74)60(46-71)84-69/h24,26,28,30,32,34,36,38,40,42,44,60-69,71-72,74-77H,14-23,25,27,29,31,33,35,37,39,41,43,45-47H2,1-13H3,(H,70,73)(H,78,79)(H,80,81)/b49-26+,50-28+,51-30-,52-32-,53-34-,54-36-,55-38-,56-40-,57-42-,58-44-/t60-,61-,62-,63-,64-,65+,66-,67-,68+,69+/m1/s1. The molecule has 2 aliphatic heterocycles. The third-order valence-electron chi connectivity index (χ3n) is 15.9. The molecule has 20 heteroatoms. The van der Waals surface area contributed by atoms with Crippen LogP contribution in [-0.4, -0.2) is 128 Å². The fourth-order valence-corrected chi connectivity index (χ4v) is 12.2. The molecule has 18 nitrogen and oxygen atoms in total. The molecule has 2 saturated heterocycles. The number of nitrogens with one attached hydrogen (secondary N) is 1. The summed E-state index contributed by atoms with van der Waals surface area (Å²) in [5, 5.41) is 63.7. The van der Waals surface area contributed by atoms with Gasteiger partial charge in [0, 0.05) is 6.92 Å². The maximum absolute atomic E-state index is 13.1. The van der Waals surface area contributed by atoms with Crippen molar-refractivity contribution in [1.29, 1.82) is 0 Å². The van der Waals surface area contributed by atoms with E-state index in [9.17, 15) is 54.4 Å². The van der Waals surface area contributed by atoms with Crippen molar-refractivity contribution in [3.8, 4) is 0 Å². The minimum absolute atomic E-state index is 0.480. The molecule has 0 spiro atoms. The minimum Gasteiger partial charge on any atom is -0.394 e. The van der Waals surface area contributed by atoms with Crippen LogP contribution in [0.15, 0.2) is 128 Å². The predicted octanol–water partition coefficient (Wildman–Crippen LogP) is 14.2. The normalized spacial score (nSPS) is 25.7. The summed E-state index contributed by atoms with van der Waals surface area (Å²) in [7, 11) is -10.9. The number of phosphoric acid groups is 2. The fourth-order valence-electron chi connectivity index (χ4n) is 10.1. The van der Waals surface area contributed by atoms with E-state index in [-0.39, 0.29) is 0 Å². The zero-order valence-electron chi connectivity index (χ0n) is 56.0. The molecule has 0 saturated carbocycles. The Balaban J connectivity index is 1.70. The number of allylic oxidation sites excluding steroid dienone is 21. The molecule has 2 heterocycles. The largest absolute Gasteiger partial charge is 0.483 e. The summed E-state index contributed by atoms with van der Waals surface area (Å²) < 4.78 is 56.8. The van der Waals surface area contributed by atoms with Crippen molar-refractivity contribution in [3.05, 3.63) is 128 Å². The van der Waals surface area contributed by atoms with Crippen LogP contribution >= 0.6 is 15.6 Å². The van der Waals surface area contributed by atoms with Crippen LogP contribution < -0.4 is 5.32 Å². The molecule has 0 aromatic heterocycles. The summed E-state index contributed by atoms with van der Waals surface area (Å²) in [5.74, 6) is -0.820. The molecule has 12 atom stereocenters. The van der Waals surface area contributed by atoms with E-state index < -0.39 is 103 Å². The molecule has 0 aromatic rings. The summed E-state index contributed by atoms with van der Waals surface area (Å²) in [6.45, 7) is 25.0. The van der Waals surface area contributed by atoms with E-state index in [4.69, 9.17) is 23.3 Å². The number of carbonyl (C=O) groups excluding carboxylic acids is 1. The van der Waals surface area contributed by atoms with Gasteiger partial charge in [-0.1, -0.05) is 128 Å². The van der Waals surface area contributed by atoms with Crippen LogP contribution in [0, 0.1) is 0 Å². The Hall–Kier alpha value is -3.49. The first-order chi connectivity index (χ1) is 42.0. The van der Waals surface area contributed by atoms with Crippen LogP contribution in [0.3, 0.4) is 0 Å². The monoisotopic (exact) mass is 1290 g/mol. The highest BCUT2D eigenvalue weighted by Crippen LogP contribution is 2.61. The summed E-state index contributed by atoms with van der Waals surface area (Å²) in [5.41, 5.74) is 15.1. The zero-order valence-corrected chi connectivity index (χ0v) is 57.8. The van der Waals surface area contributed by atoms with Gasteiger partial charge >= 0.3 is 15.6 Å². The average molecular weight is 1290 g/mol. The highest BCUT2D eigenvalue weighted by molar-refractivity contribution is 7.61. The van der Waals surface area contributed by atoms with Crippen LogP contribution in [0.25, 0.3) is 0 Å². The van der Waals surface area contributed by atoms with Crippen LogP contribution in [0.1, 0.15) is 218 Å². The van der Waals surface area contributed by atoms with Gasteiger partial charge in [-0.3, -0.25) is 13.8 Å². The van der Waals surface area contributed by atoms with Crippen molar-refractivity contribution in [2.75, 3.05) is 19.8 Å². The Bertz CT molecular complexity index is 2590. The van der Waals surface area contributed by atoms with Gasteiger partial charge in [-0.25, -0.2) is 9.13 Å². The topological polar surface area (TPSA) is 280 Å². The summed E-state index contributed by atoms with van der Waals surface area (Å²) in [4.78, 5) is 33.2. The lowest BCUT2D eigenvalue weighted by molar-refractivity contribution is -0.340. The van der Waals surface area contributed by atoms with Gasteiger partial charge in [0.1, 0.15) is 48.8 Å². The third-order valence-corrected chi connectivity index (χ3v) is 18.5. The number of phosphoric ester groups is 2. The van der Waals surface area contributed by atoms with Gasteiger partial charge in [0.05, 0.1) is 19.8 Å². The SMILES string of the molecule is CC(=O)N[C@H]1[C@H](OP(=O)(O)OP(=O)(O)OC/C=C(/C)CC/C=C(/C)CC/C=C(/C)CC/C=C(/C)CC/C=C(/C)CC/C=C(/C)CC/C=C(/C)CC/C=C(/C)CC/C=C(\C)CC/C=C(\C)CCC=C(C)C)O[C@H](CO)[C@@H](O)[C@@H]1O[C@@H]1O[C@H](CO)[C@@H](O)[C@H](O)[C@H]1O. The lowest BCUT2D eigenvalue weighted by Gasteiger charge is -2.47. The highest BCUT2D eigenvalue weighted by atomic mass is 31.3. The molecule has 508 valence electrons. The average Bonchev–Trinajstić information content (AvgIpc) is 1.01. The van der Waals surface area contributed by atoms with E-state index in [0.717, 1.165) is 128 Å². The molecule has 89 heavy (non-hydrogen) atoms. The first-order valence-corrected chi connectivity index (χ1v) is 35.0. The van der Waals surface area contributed by atoms with Gasteiger partial charge in [-0.2, -0.15) is 4.31 Å². The number of hydrogen-bond acceptors (Lipinski definition) is 15. The predicted molar refractivity (Wildman–Crippen MR) is 355 cm³/mol. The number of ether oxygens (including phenoxy) is 3. The fraction of sp³-hybridized carbons (Fsp3) is 0.667. The molecular formula is C69H115NO17P2. The molecule has 2 unspecified atom stereocenters. The molecule has 2 rings (SSSR count). The summed E-state index contributed by atoms with van der Waals surface area (Å²) in [6.07, 6.45) is 29.6. The third kappa shape index (κ3) is 35.9. The molecule has 0 radical (unpaired) electrons. The Morgan fingerprint density at radius 2 is 0.719 bits per heavy atom. The lowest BCUT2D eigenvalue weighted by Crippen LogP contribution is -2.68. The molecule has 2 aliphatic rings. The van der Waals surface area contributed by atoms with E-state index in [1.807, 2.05) is 0 Å². The van der Waals surface area contributed by atoms with Crippen molar-refractivity contribution in [3.63, 3.8) is 0 Å². The number of carbonyl (C=O) groups is 1. The van der Waals surface area contributed by atoms with Gasteiger partial charge < -0.3 is 60.0 Å². The number of amides is 1. The number of aliphatic hydroxyl groups is 6.